The van der Waals surface area contributed by atoms with Crippen molar-refractivity contribution in [2.75, 3.05) is 0 Å². The highest BCUT2D eigenvalue weighted by molar-refractivity contribution is 8.13. The lowest BCUT2D eigenvalue weighted by atomic mass is 10.4. The monoisotopic (exact) mass is 264 g/mol. The number of halogens is 2. The summed E-state index contributed by atoms with van der Waals surface area (Å²) in [5.41, 5.74) is 1.25. The molecule has 0 aromatic carbocycles. The summed E-state index contributed by atoms with van der Waals surface area (Å²) in [6.45, 7) is 1.80. The fourth-order valence-electron chi connectivity index (χ4n) is 1.35. The van der Waals surface area contributed by atoms with Gasteiger partial charge >= 0.3 is 0 Å². The number of imidazole rings is 1. The number of hydrogen-bond donors (Lipinski definition) is 0. The molecule has 0 saturated heterocycles. The van der Waals surface area contributed by atoms with E-state index in [0.717, 1.165) is 5.69 Å². The maximum absolute atomic E-state index is 11.1. The molecule has 0 amide bonds. The lowest BCUT2D eigenvalue weighted by Crippen LogP contribution is -1.92. The Hall–Kier alpha value is -0.780. The zero-order valence-electron chi connectivity index (χ0n) is 7.61. The van der Waals surface area contributed by atoms with E-state index in [2.05, 4.69) is 4.98 Å². The van der Waals surface area contributed by atoms with Gasteiger partial charge in [-0.1, -0.05) is 17.7 Å². The molecule has 2 rings (SSSR count). The first-order valence-electron chi connectivity index (χ1n) is 3.99. The van der Waals surface area contributed by atoms with Crippen LogP contribution in [0.1, 0.15) is 5.69 Å². The first-order valence-corrected chi connectivity index (χ1v) is 6.68. The molecule has 0 aliphatic heterocycles. The molecule has 0 radical (unpaired) electrons. The minimum absolute atomic E-state index is 0.0121. The Kier molecular flexibility index (Phi) is 2.41. The van der Waals surface area contributed by atoms with E-state index >= 15 is 0 Å². The molecule has 0 unspecified atom stereocenters. The average molecular weight is 265 g/mol. The highest BCUT2D eigenvalue weighted by atomic mass is 35.7. The summed E-state index contributed by atoms with van der Waals surface area (Å²) in [6.07, 6.45) is 0. The Morgan fingerprint density at radius 2 is 2.07 bits per heavy atom. The molecule has 2 heterocycles. The minimum Gasteiger partial charge on any atom is -0.287 e. The van der Waals surface area contributed by atoms with Crippen molar-refractivity contribution < 1.29 is 8.42 Å². The fourth-order valence-corrected chi connectivity index (χ4v) is 2.85. The molecule has 7 heteroatoms. The lowest BCUT2D eigenvalue weighted by molar-refractivity contribution is 0.607. The van der Waals surface area contributed by atoms with Gasteiger partial charge in [0.25, 0.3) is 9.05 Å². The first-order chi connectivity index (χ1) is 6.91. The highest BCUT2D eigenvalue weighted by Crippen LogP contribution is 2.26. The molecule has 15 heavy (non-hydrogen) atoms. The van der Waals surface area contributed by atoms with E-state index in [1.807, 2.05) is 0 Å². The summed E-state index contributed by atoms with van der Waals surface area (Å²) in [4.78, 5) is 3.86. The van der Waals surface area contributed by atoms with Gasteiger partial charge in [-0.05, 0) is 19.1 Å². The molecule has 80 valence electrons. The minimum atomic E-state index is -3.90. The van der Waals surface area contributed by atoms with Crippen LogP contribution in [-0.4, -0.2) is 17.8 Å². The van der Waals surface area contributed by atoms with Crippen LogP contribution < -0.4 is 0 Å². The van der Waals surface area contributed by atoms with Crippen LogP contribution in [0, 0.1) is 6.92 Å². The van der Waals surface area contributed by atoms with Crippen molar-refractivity contribution in [1.29, 1.82) is 0 Å². The number of aryl methyl sites for hydroxylation is 1. The Morgan fingerprint density at radius 1 is 1.40 bits per heavy atom. The Labute approximate surface area is 95.9 Å². The lowest BCUT2D eigenvalue weighted by Gasteiger charge is -1.98. The molecule has 2 aromatic rings. The van der Waals surface area contributed by atoms with E-state index in [4.69, 9.17) is 22.3 Å². The van der Waals surface area contributed by atoms with Crippen molar-refractivity contribution >= 4 is 37.0 Å². The quantitative estimate of drug-likeness (QED) is 0.743. The zero-order chi connectivity index (χ0) is 11.2. The Bertz CT molecular complexity index is 633. The molecule has 0 aliphatic carbocycles. The van der Waals surface area contributed by atoms with Gasteiger partial charge in [-0.3, -0.25) is 4.40 Å². The number of rotatable bonds is 1. The van der Waals surface area contributed by atoms with Gasteiger partial charge in [0, 0.05) is 16.4 Å². The van der Waals surface area contributed by atoms with Crippen molar-refractivity contribution in [2.45, 2.75) is 11.9 Å². The first kappa shape index (κ1) is 10.7. The van der Waals surface area contributed by atoms with Gasteiger partial charge in [0.2, 0.25) is 5.03 Å². The molecular formula is C8H6Cl2N2O2S. The fraction of sp³-hybridized carbons (Fsp3) is 0.125. The van der Waals surface area contributed by atoms with Crippen LogP contribution >= 0.6 is 22.3 Å². The summed E-state index contributed by atoms with van der Waals surface area (Å²) >= 11 is 5.88. The third kappa shape index (κ3) is 1.71. The maximum atomic E-state index is 11.1. The molecular weight excluding hydrogens is 259 g/mol. The predicted molar refractivity (Wildman–Crippen MR) is 58.0 cm³/mol. The van der Waals surface area contributed by atoms with Gasteiger partial charge in [-0.2, -0.15) is 0 Å². The molecule has 0 fully saturated rings. The van der Waals surface area contributed by atoms with Gasteiger partial charge in [0.1, 0.15) is 5.65 Å². The van der Waals surface area contributed by atoms with E-state index in [1.165, 1.54) is 4.40 Å². The van der Waals surface area contributed by atoms with E-state index in [9.17, 15) is 8.42 Å². The molecule has 0 bridgehead atoms. The Balaban J connectivity index is 2.94. The molecule has 0 N–H and O–H groups in total. The molecule has 2 aromatic heterocycles. The van der Waals surface area contributed by atoms with Gasteiger partial charge in [0.15, 0.2) is 5.15 Å². The summed E-state index contributed by atoms with van der Waals surface area (Å²) in [7, 11) is 1.30. The number of aromatic nitrogens is 2. The zero-order valence-corrected chi connectivity index (χ0v) is 9.94. The van der Waals surface area contributed by atoms with Crippen molar-refractivity contribution in [3.05, 3.63) is 29.0 Å². The van der Waals surface area contributed by atoms with Crippen LogP contribution in [-0.2, 0) is 9.05 Å². The van der Waals surface area contributed by atoms with Crippen molar-refractivity contribution in [1.82, 2.24) is 9.38 Å². The number of nitrogens with zero attached hydrogens (tertiary/aromatic N) is 2. The SMILES string of the molecule is Cc1cccc2nc(S(=O)(=O)Cl)c(Cl)n12. The maximum Gasteiger partial charge on any atom is 0.281 e. The van der Waals surface area contributed by atoms with E-state index in [-0.39, 0.29) is 10.2 Å². The topological polar surface area (TPSA) is 51.4 Å². The summed E-state index contributed by atoms with van der Waals surface area (Å²) in [6, 6.07) is 5.22. The van der Waals surface area contributed by atoms with Gasteiger partial charge < -0.3 is 0 Å². The van der Waals surface area contributed by atoms with Crippen LogP contribution in [0.3, 0.4) is 0 Å². The second-order valence-electron chi connectivity index (χ2n) is 3.01. The summed E-state index contributed by atoms with van der Waals surface area (Å²) in [5.74, 6) is 0. The van der Waals surface area contributed by atoms with Crippen LogP contribution in [0.25, 0.3) is 5.65 Å². The van der Waals surface area contributed by atoms with Crippen molar-refractivity contribution in [2.24, 2.45) is 0 Å². The van der Waals surface area contributed by atoms with Gasteiger partial charge in [-0.25, -0.2) is 13.4 Å². The molecule has 0 aliphatic rings. The summed E-state index contributed by atoms with van der Waals surface area (Å²) in [5, 5.41) is -0.293. The third-order valence-electron chi connectivity index (χ3n) is 1.98. The Morgan fingerprint density at radius 3 is 2.60 bits per heavy atom. The van der Waals surface area contributed by atoms with E-state index in [1.54, 1.807) is 25.1 Å². The number of fused-ring (bicyclic) bond motifs is 1. The van der Waals surface area contributed by atoms with Gasteiger partial charge in [-0.15, -0.1) is 0 Å². The average Bonchev–Trinajstić information content (AvgIpc) is 2.44. The van der Waals surface area contributed by atoms with E-state index < -0.39 is 9.05 Å². The molecule has 0 spiro atoms. The van der Waals surface area contributed by atoms with Gasteiger partial charge in [0.05, 0.1) is 0 Å². The smallest absolute Gasteiger partial charge is 0.281 e. The largest absolute Gasteiger partial charge is 0.287 e. The van der Waals surface area contributed by atoms with Crippen LogP contribution in [0.5, 0.6) is 0 Å². The third-order valence-corrected chi connectivity index (χ3v) is 3.63. The van der Waals surface area contributed by atoms with Crippen molar-refractivity contribution in [3.8, 4) is 0 Å². The molecule has 4 nitrogen and oxygen atoms in total. The van der Waals surface area contributed by atoms with Crippen LogP contribution in [0.15, 0.2) is 23.2 Å². The van der Waals surface area contributed by atoms with Crippen molar-refractivity contribution in [3.63, 3.8) is 0 Å². The number of hydrogen-bond acceptors (Lipinski definition) is 3. The van der Waals surface area contributed by atoms with E-state index in [0.29, 0.717) is 5.65 Å². The second-order valence-corrected chi connectivity index (χ2v) is 5.85. The summed E-state index contributed by atoms with van der Waals surface area (Å²) < 4.78 is 23.8. The molecule has 0 saturated carbocycles. The van der Waals surface area contributed by atoms with Crippen LogP contribution in [0.4, 0.5) is 0 Å². The van der Waals surface area contributed by atoms with Crippen LogP contribution in [0.2, 0.25) is 5.15 Å². The standard InChI is InChI=1S/C8H6Cl2N2O2S/c1-5-3-2-4-6-11-8(15(10,13)14)7(9)12(5)6/h2-4H,1H3. The second kappa shape index (κ2) is 3.37. The highest BCUT2D eigenvalue weighted by Gasteiger charge is 2.21. The normalized spacial score (nSPS) is 12.2. The molecule has 0 atom stereocenters. The number of pyridine rings is 1. The predicted octanol–water partition coefficient (Wildman–Crippen LogP) is 2.22.